The minimum atomic E-state index is 0. The third kappa shape index (κ3) is 2.73. The van der Waals surface area contributed by atoms with Crippen molar-refractivity contribution in [2.24, 2.45) is 5.92 Å². The van der Waals surface area contributed by atoms with E-state index in [0.717, 1.165) is 44.5 Å². The van der Waals surface area contributed by atoms with Gasteiger partial charge in [0, 0.05) is 32.0 Å². The molecule has 1 N–H and O–H groups in total. The molecule has 0 aliphatic carbocycles. The van der Waals surface area contributed by atoms with Crippen molar-refractivity contribution in [3.8, 4) is 0 Å². The van der Waals surface area contributed by atoms with Gasteiger partial charge >= 0.3 is 0 Å². The first-order valence-corrected chi connectivity index (χ1v) is 7.89. The molecular formula is C16H22ClN3O2. The lowest BCUT2D eigenvalue weighted by Crippen LogP contribution is -2.51. The number of hydrogen-bond acceptors (Lipinski definition) is 4. The number of halogens is 1. The van der Waals surface area contributed by atoms with Gasteiger partial charge in [-0.15, -0.1) is 12.4 Å². The molecule has 120 valence electrons. The van der Waals surface area contributed by atoms with E-state index in [1.807, 2.05) is 17.2 Å². The van der Waals surface area contributed by atoms with Crippen LogP contribution in [0.1, 0.15) is 30.9 Å². The maximum absolute atomic E-state index is 13.0. The molecule has 0 spiro atoms. The van der Waals surface area contributed by atoms with E-state index in [1.165, 1.54) is 0 Å². The lowest BCUT2D eigenvalue weighted by atomic mass is 9.87. The summed E-state index contributed by atoms with van der Waals surface area (Å²) in [7, 11) is 0. The van der Waals surface area contributed by atoms with E-state index in [1.54, 1.807) is 6.20 Å². The average Bonchev–Trinajstić information content (AvgIpc) is 3.18. The quantitative estimate of drug-likeness (QED) is 0.897. The maximum atomic E-state index is 13.0. The summed E-state index contributed by atoms with van der Waals surface area (Å²) in [5.74, 6) is 0.346. The summed E-state index contributed by atoms with van der Waals surface area (Å²) in [4.78, 5) is 19.2. The predicted octanol–water partition coefficient (Wildman–Crippen LogP) is 1.54. The van der Waals surface area contributed by atoms with Gasteiger partial charge in [0.1, 0.15) is 0 Å². The Morgan fingerprint density at radius 3 is 3.00 bits per heavy atom. The Morgan fingerprint density at radius 1 is 1.41 bits per heavy atom. The fourth-order valence-electron chi connectivity index (χ4n) is 3.95. The molecule has 3 aliphatic heterocycles. The molecule has 5 nitrogen and oxygen atoms in total. The monoisotopic (exact) mass is 323 g/mol. The summed E-state index contributed by atoms with van der Waals surface area (Å²) in [6.07, 6.45) is 7.21. The highest BCUT2D eigenvalue weighted by Crippen LogP contribution is 2.40. The number of pyridine rings is 1. The van der Waals surface area contributed by atoms with Crippen LogP contribution in [0.2, 0.25) is 0 Å². The van der Waals surface area contributed by atoms with Crippen molar-refractivity contribution in [2.45, 2.75) is 37.5 Å². The number of carbonyl (C=O) groups is 1. The lowest BCUT2D eigenvalue weighted by molar-refractivity contribution is -0.140. The second kappa shape index (κ2) is 6.52. The number of nitrogens with zero attached hydrogens (tertiary/aromatic N) is 2. The summed E-state index contributed by atoms with van der Waals surface area (Å²) < 4.78 is 5.86. The fourth-order valence-corrected chi connectivity index (χ4v) is 3.95. The number of amides is 1. The molecule has 0 saturated carbocycles. The number of piperazine rings is 1. The molecule has 3 saturated heterocycles. The van der Waals surface area contributed by atoms with Gasteiger partial charge in [-0.2, -0.15) is 0 Å². The molecule has 3 fully saturated rings. The molecule has 2 bridgehead atoms. The molecule has 4 heterocycles. The lowest BCUT2D eigenvalue weighted by Gasteiger charge is -2.38. The number of rotatable bonds is 2. The SMILES string of the molecule is Cl.O=C(C1CC2CCC1O2)N1CCNCC1c1cccnc1. The zero-order chi connectivity index (χ0) is 14.2. The average molecular weight is 324 g/mol. The van der Waals surface area contributed by atoms with Crippen LogP contribution >= 0.6 is 12.4 Å². The molecule has 1 amide bonds. The molecule has 0 radical (unpaired) electrons. The van der Waals surface area contributed by atoms with Gasteiger partial charge in [-0.25, -0.2) is 0 Å². The first-order valence-electron chi connectivity index (χ1n) is 7.89. The standard InChI is InChI=1S/C16H21N3O2.ClH/c20-16(13-8-12-3-4-15(13)21-12)19-7-6-18-10-14(19)11-2-1-5-17-9-11;/h1-2,5,9,12-15,18H,3-4,6-8,10H2;1H. The third-order valence-corrected chi connectivity index (χ3v) is 5.02. The van der Waals surface area contributed by atoms with Crippen LogP contribution in [0, 0.1) is 5.92 Å². The van der Waals surface area contributed by atoms with Crippen molar-refractivity contribution in [1.82, 2.24) is 15.2 Å². The van der Waals surface area contributed by atoms with Gasteiger partial charge in [0.25, 0.3) is 0 Å². The van der Waals surface area contributed by atoms with Crippen LogP contribution < -0.4 is 5.32 Å². The molecule has 4 unspecified atom stereocenters. The van der Waals surface area contributed by atoms with E-state index in [4.69, 9.17) is 4.74 Å². The molecule has 0 aromatic carbocycles. The number of hydrogen-bond donors (Lipinski definition) is 1. The first kappa shape index (κ1) is 15.7. The molecule has 22 heavy (non-hydrogen) atoms. The Balaban J connectivity index is 0.00000144. The van der Waals surface area contributed by atoms with Crippen LogP contribution in [-0.4, -0.2) is 47.6 Å². The van der Waals surface area contributed by atoms with Crippen LogP contribution in [-0.2, 0) is 9.53 Å². The normalized spacial score (nSPS) is 33.5. The molecule has 4 rings (SSSR count). The van der Waals surface area contributed by atoms with E-state index in [-0.39, 0.29) is 36.4 Å². The molecule has 1 aromatic heterocycles. The van der Waals surface area contributed by atoms with Crippen molar-refractivity contribution in [1.29, 1.82) is 0 Å². The summed E-state index contributed by atoms with van der Waals surface area (Å²) in [6.45, 7) is 2.44. The number of carbonyl (C=O) groups excluding carboxylic acids is 1. The van der Waals surface area contributed by atoms with Crippen LogP contribution in [0.3, 0.4) is 0 Å². The second-order valence-corrected chi connectivity index (χ2v) is 6.25. The minimum absolute atomic E-state index is 0. The zero-order valence-corrected chi connectivity index (χ0v) is 13.3. The number of ether oxygens (including phenoxy) is 1. The number of nitrogens with one attached hydrogen (secondary N) is 1. The van der Waals surface area contributed by atoms with Crippen molar-refractivity contribution in [3.63, 3.8) is 0 Å². The van der Waals surface area contributed by atoms with Crippen molar-refractivity contribution in [3.05, 3.63) is 30.1 Å². The number of aromatic nitrogens is 1. The smallest absolute Gasteiger partial charge is 0.229 e. The Labute approximate surface area is 136 Å². The first-order chi connectivity index (χ1) is 10.3. The highest BCUT2D eigenvalue weighted by Gasteiger charge is 2.46. The summed E-state index contributed by atoms with van der Waals surface area (Å²) in [6, 6.07) is 4.09. The molecule has 3 aliphatic rings. The van der Waals surface area contributed by atoms with Gasteiger partial charge in [0.05, 0.1) is 24.2 Å². The van der Waals surface area contributed by atoms with Crippen molar-refractivity contribution in [2.75, 3.05) is 19.6 Å². The summed E-state index contributed by atoms with van der Waals surface area (Å²) in [5.41, 5.74) is 1.11. The topological polar surface area (TPSA) is 54.5 Å². The molecule has 6 heteroatoms. The van der Waals surface area contributed by atoms with Crippen LogP contribution in [0.5, 0.6) is 0 Å². The summed E-state index contributed by atoms with van der Waals surface area (Å²) in [5, 5.41) is 3.39. The highest BCUT2D eigenvalue weighted by atomic mass is 35.5. The van der Waals surface area contributed by atoms with Gasteiger partial charge < -0.3 is 15.0 Å². The van der Waals surface area contributed by atoms with E-state index < -0.39 is 0 Å². The zero-order valence-electron chi connectivity index (χ0n) is 12.5. The maximum Gasteiger partial charge on any atom is 0.229 e. The fraction of sp³-hybridized carbons (Fsp3) is 0.625. The third-order valence-electron chi connectivity index (χ3n) is 5.02. The second-order valence-electron chi connectivity index (χ2n) is 6.25. The molecule has 4 atom stereocenters. The van der Waals surface area contributed by atoms with E-state index >= 15 is 0 Å². The largest absolute Gasteiger partial charge is 0.374 e. The van der Waals surface area contributed by atoms with Gasteiger partial charge in [-0.05, 0) is 30.9 Å². The van der Waals surface area contributed by atoms with Gasteiger partial charge in [-0.3, -0.25) is 9.78 Å². The highest BCUT2D eigenvalue weighted by molar-refractivity contribution is 5.85. The Hall–Kier alpha value is -1.17. The van der Waals surface area contributed by atoms with Crippen molar-refractivity contribution >= 4 is 18.3 Å². The Bertz CT molecular complexity index is 527. The molecular weight excluding hydrogens is 302 g/mol. The van der Waals surface area contributed by atoms with E-state index in [9.17, 15) is 4.79 Å². The van der Waals surface area contributed by atoms with Crippen molar-refractivity contribution < 1.29 is 9.53 Å². The van der Waals surface area contributed by atoms with Gasteiger partial charge in [0.15, 0.2) is 0 Å². The van der Waals surface area contributed by atoms with Gasteiger partial charge in [-0.1, -0.05) is 6.07 Å². The van der Waals surface area contributed by atoms with Crippen LogP contribution in [0.15, 0.2) is 24.5 Å². The van der Waals surface area contributed by atoms with E-state index in [0.29, 0.717) is 6.10 Å². The van der Waals surface area contributed by atoms with Gasteiger partial charge in [0.2, 0.25) is 5.91 Å². The Morgan fingerprint density at radius 2 is 2.32 bits per heavy atom. The Kier molecular flexibility index (Phi) is 4.66. The predicted molar refractivity (Wildman–Crippen MR) is 84.8 cm³/mol. The van der Waals surface area contributed by atoms with E-state index in [2.05, 4.69) is 16.4 Å². The summed E-state index contributed by atoms with van der Waals surface area (Å²) >= 11 is 0. The molecule has 1 aromatic rings. The van der Waals surface area contributed by atoms with Crippen LogP contribution in [0.25, 0.3) is 0 Å². The number of fused-ring (bicyclic) bond motifs is 2. The minimum Gasteiger partial charge on any atom is -0.374 e. The van der Waals surface area contributed by atoms with Crippen LogP contribution in [0.4, 0.5) is 0 Å².